The maximum absolute atomic E-state index is 12.7. The number of amides is 1. The van der Waals surface area contributed by atoms with Crippen molar-refractivity contribution in [3.63, 3.8) is 0 Å². The van der Waals surface area contributed by atoms with E-state index in [9.17, 15) is 4.79 Å². The third-order valence-electron chi connectivity index (χ3n) is 4.59. The molecule has 1 saturated heterocycles. The molecule has 20 heavy (non-hydrogen) atoms. The second-order valence-corrected chi connectivity index (χ2v) is 5.92. The average molecular weight is 274 g/mol. The molecule has 2 atom stereocenters. The molecule has 0 saturated carbocycles. The topological polar surface area (TPSA) is 55.6 Å². The number of nitrogens with two attached hydrogens (primary N) is 1. The summed E-state index contributed by atoms with van der Waals surface area (Å²) >= 11 is 0. The van der Waals surface area contributed by atoms with Gasteiger partial charge in [0.15, 0.2) is 0 Å². The van der Waals surface area contributed by atoms with E-state index in [4.69, 9.17) is 10.5 Å². The van der Waals surface area contributed by atoms with Gasteiger partial charge in [-0.15, -0.1) is 0 Å². The molecule has 0 bridgehead atoms. The van der Waals surface area contributed by atoms with Gasteiger partial charge in [0.1, 0.15) is 18.3 Å². The lowest BCUT2D eigenvalue weighted by molar-refractivity contribution is -0.134. The predicted molar refractivity (Wildman–Crippen MR) is 77.6 cm³/mol. The fraction of sp³-hybridized carbons (Fsp3) is 0.562. The molecule has 108 valence electrons. The second-order valence-electron chi connectivity index (χ2n) is 5.92. The Bertz CT molecular complexity index is 493. The van der Waals surface area contributed by atoms with Crippen LogP contribution in [0.3, 0.4) is 0 Å². The van der Waals surface area contributed by atoms with E-state index in [1.165, 1.54) is 0 Å². The Morgan fingerprint density at radius 1 is 1.35 bits per heavy atom. The van der Waals surface area contributed by atoms with Crippen molar-refractivity contribution in [2.75, 3.05) is 19.7 Å². The van der Waals surface area contributed by atoms with Crippen LogP contribution < -0.4 is 10.5 Å². The highest BCUT2D eigenvalue weighted by Gasteiger charge is 2.34. The van der Waals surface area contributed by atoms with E-state index in [0.717, 1.165) is 37.2 Å². The highest BCUT2D eigenvalue weighted by Crippen LogP contribution is 2.35. The van der Waals surface area contributed by atoms with Crippen molar-refractivity contribution in [1.29, 1.82) is 0 Å². The zero-order valence-electron chi connectivity index (χ0n) is 11.9. The van der Waals surface area contributed by atoms with Gasteiger partial charge in [0.2, 0.25) is 5.91 Å². The van der Waals surface area contributed by atoms with Crippen molar-refractivity contribution in [2.24, 2.45) is 11.7 Å². The third-order valence-corrected chi connectivity index (χ3v) is 4.59. The first-order valence-corrected chi connectivity index (χ1v) is 7.43. The van der Waals surface area contributed by atoms with Crippen LogP contribution in [0, 0.1) is 5.92 Å². The molecular formula is C16H22N2O2. The van der Waals surface area contributed by atoms with Gasteiger partial charge in [-0.05, 0) is 31.7 Å². The molecule has 0 spiro atoms. The fourth-order valence-corrected chi connectivity index (χ4v) is 3.23. The van der Waals surface area contributed by atoms with E-state index in [1.54, 1.807) is 0 Å². The predicted octanol–water partition coefficient (Wildman–Crippen LogP) is 1.75. The molecule has 4 nitrogen and oxygen atoms in total. The summed E-state index contributed by atoms with van der Waals surface area (Å²) in [5.41, 5.74) is 6.98. The number of fused-ring (bicyclic) bond motifs is 1. The molecule has 1 aromatic carbocycles. The van der Waals surface area contributed by atoms with Crippen LogP contribution in [0.2, 0.25) is 0 Å². The van der Waals surface area contributed by atoms with E-state index in [-0.39, 0.29) is 17.9 Å². The number of para-hydroxylation sites is 1. The molecule has 1 amide bonds. The van der Waals surface area contributed by atoms with Crippen LogP contribution in [0.5, 0.6) is 5.75 Å². The largest absolute Gasteiger partial charge is 0.492 e. The fourth-order valence-electron chi connectivity index (χ4n) is 3.23. The standard InChI is InChI=1S/C16H22N2O2/c1-11(17)12-6-8-18(9-7-12)16(19)14-10-20-15-5-3-2-4-13(14)15/h2-5,11-12,14H,6-10,17H2,1H3. The summed E-state index contributed by atoms with van der Waals surface area (Å²) in [6.45, 7) is 4.18. The smallest absolute Gasteiger partial charge is 0.233 e. The van der Waals surface area contributed by atoms with Gasteiger partial charge in [0.05, 0.1) is 0 Å². The zero-order valence-corrected chi connectivity index (χ0v) is 11.9. The minimum absolute atomic E-state index is 0.127. The lowest BCUT2D eigenvalue weighted by atomic mass is 9.90. The van der Waals surface area contributed by atoms with E-state index < -0.39 is 0 Å². The molecule has 0 radical (unpaired) electrons. The van der Waals surface area contributed by atoms with Crippen molar-refractivity contribution in [3.05, 3.63) is 29.8 Å². The number of hydrogen-bond donors (Lipinski definition) is 1. The monoisotopic (exact) mass is 274 g/mol. The highest BCUT2D eigenvalue weighted by molar-refractivity contribution is 5.85. The Morgan fingerprint density at radius 2 is 2.05 bits per heavy atom. The van der Waals surface area contributed by atoms with Gasteiger partial charge in [-0.3, -0.25) is 4.79 Å². The van der Waals surface area contributed by atoms with Crippen LogP contribution in [0.15, 0.2) is 24.3 Å². The summed E-state index contributed by atoms with van der Waals surface area (Å²) in [5.74, 6) is 1.48. The summed E-state index contributed by atoms with van der Waals surface area (Å²) in [4.78, 5) is 14.6. The first-order chi connectivity index (χ1) is 9.66. The van der Waals surface area contributed by atoms with Gasteiger partial charge in [-0.25, -0.2) is 0 Å². The molecule has 2 heterocycles. The van der Waals surface area contributed by atoms with Gasteiger partial charge in [-0.2, -0.15) is 0 Å². The molecule has 2 aliphatic heterocycles. The number of hydrogen-bond acceptors (Lipinski definition) is 3. The van der Waals surface area contributed by atoms with Crippen molar-refractivity contribution in [3.8, 4) is 5.75 Å². The molecule has 1 fully saturated rings. The van der Waals surface area contributed by atoms with Gasteiger partial charge < -0.3 is 15.4 Å². The lowest BCUT2D eigenvalue weighted by Crippen LogP contribution is -2.44. The molecular weight excluding hydrogens is 252 g/mol. The average Bonchev–Trinajstić information content (AvgIpc) is 2.90. The molecule has 1 aromatic rings. The molecule has 0 aliphatic carbocycles. The Morgan fingerprint density at radius 3 is 2.75 bits per heavy atom. The maximum atomic E-state index is 12.7. The van der Waals surface area contributed by atoms with Crippen molar-refractivity contribution in [1.82, 2.24) is 4.90 Å². The van der Waals surface area contributed by atoms with Crippen LogP contribution in [0.25, 0.3) is 0 Å². The third kappa shape index (κ3) is 2.40. The van der Waals surface area contributed by atoms with Gasteiger partial charge >= 0.3 is 0 Å². The van der Waals surface area contributed by atoms with E-state index >= 15 is 0 Å². The summed E-state index contributed by atoms with van der Waals surface area (Å²) in [6.07, 6.45) is 2.03. The Kier molecular flexibility index (Phi) is 3.66. The number of carbonyl (C=O) groups is 1. The number of rotatable bonds is 2. The molecule has 4 heteroatoms. The highest BCUT2D eigenvalue weighted by atomic mass is 16.5. The first-order valence-electron chi connectivity index (χ1n) is 7.43. The maximum Gasteiger partial charge on any atom is 0.233 e. The van der Waals surface area contributed by atoms with Crippen molar-refractivity contribution >= 4 is 5.91 Å². The number of piperidine rings is 1. The Labute approximate surface area is 119 Å². The van der Waals surface area contributed by atoms with E-state index in [2.05, 4.69) is 6.92 Å². The van der Waals surface area contributed by atoms with Crippen LogP contribution in [-0.4, -0.2) is 36.5 Å². The van der Waals surface area contributed by atoms with Crippen molar-refractivity contribution < 1.29 is 9.53 Å². The zero-order chi connectivity index (χ0) is 14.1. The number of nitrogens with zero attached hydrogens (tertiary/aromatic N) is 1. The first kappa shape index (κ1) is 13.4. The lowest BCUT2D eigenvalue weighted by Gasteiger charge is -2.34. The van der Waals surface area contributed by atoms with Gasteiger partial charge in [0, 0.05) is 24.7 Å². The molecule has 2 N–H and O–H groups in total. The van der Waals surface area contributed by atoms with E-state index in [1.807, 2.05) is 29.2 Å². The van der Waals surface area contributed by atoms with Gasteiger partial charge in [-0.1, -0.05) is 18.2 Å². The molecule has 2 unspecified atom stereocenters. The minimum atomic E-state index is -0.127. The van der Waals surface area contributed by atoms with Crippen LogP contribution >= 0.6 is 0 Å². The molecule has 3 rings (SSSR count). The number of ether oxygens (including phenoxy) is 1. The minimum Gasteiger partial charge on any atom is -0.492 e. The number of benzene rings is 1. The van der Waals surface area contributed by atoms with Crippen LogP contribution in [0.4, 0.5) is 0 Å². The number of likely N-dealkylation sites (tertiary alicyclic amines) is 1. The summed E-state index contributed by atoms with van der Waals surface area (Å²) in [6, 6.07) is 8.07. The summed E-state index contributed by atoms with van der Waals surface area (Å²) < 4.78 is 5.61. The SMILES string of the molecule is CC(N)C1CCN(C(=O)C2COc3ccccc32)CC1. The van der Waals surface area contributed by atoms with Crippen LogP contribution in [-0.2, 0) is 4.79 Å². The molecule has 2 aliphatic rings. The number of carbonyl (C=O) groups excluding carboxylic acids is 1. The summed E-state index contributed by atoms with van der Waals surface area (Å²) in [7, 11) is 0. The summed E-state index contributed by atoms with van der Waals surface area (Å²) in [5, 5.41) is 0. The Balaban J connectivity index is 1.67. The normalized spacial score (nSPS) is 24.1. The van der Waals surface area contributed by atoms with E-state index in [0.29, 0.717) is 12.5 Å². The Hall–Kier alpha value is -1.55. The molecule has 0 aromatic heterocycles. The quantitative estimate of drug-likeness (QED) is 0.894. The van der Waals surface area contributed by atoms with Crippen LogP contribution in [0.1, 0.15) is 31.2 Å². The van der Waals surface area contributed by atoms with Crippen molar-refractivity contribution in [2.45, 2.75) is 31.7 Å². The second kappa shape index (κ2) is 5.44. The van der Waals surface area contributed by atoms with Gasteiger partial charge in [0.25, 0.3) is 0 Å².